The molecule has 0 saturated heterocycles. The number of benzene rings is 4. The molecule has 0 aliphatic heterocycles. The SMILES string of the molecule is C=CC(=O)OCCCCCCCCCCCOc1ccc(C(=O)Oc2ccc(OC(=O)C3CCC(OCCCCCCCCCCCOc4ccc(C(=O)Oc5ccc(OC(=O)C6CCC(OCCCCCCCCCCCOC(=O)C=C)CC6)cc5)cc4)CC3)cc2)cc1. The number of ether oxygens (including phenoxy) is 10. The van der Waals surface area contributed by atoms with E-state index in [0.717, 1.165) is 148 Å². The third kappa shape index (κ3) is 33.3. The molecule has 0 aromatic heterocycles. The molecule has 0 unspecified atom stereocenters. The first kappa shape index (κ1) is 76.7. The van der Waals surface area contributed by atoms with Gasteiger partial charge in [-0.2, -0.15) is 0 Å². The summed E-state index contributed by atoms with van der Waals surface area (Å²) >= 11 is 0. The number of rotatable bonds is 50. The molecule has 520 valence electrons. The van der Waals surface area contributed by atoms with E-state index in [1.807, 2.05) is 0 Å². The summed E-state index contributed by atoms with van der Waals surface area (Å²) in [5.74, 6) is 0.492. The first-order chi connectivity index (χ1) is 46.5. The molecule has 2 aliphatic carbocycles. The summed E-state index contributed by atoms with van der Waals surface area (Å²) in [7, 11) is 0. The molecule has 0 N–H and O–H groups in total. The van der Waals surface area contributed by atoms with Gasteiger partial charge in [0, 0.05) is 25.4 Å². The molecule has 95 heavy (non-hydrogen) atoms. The molecule has 4 aromatic rings. The van der Waals surface area contributed by atoms with Crippen LogP contribution >= 0.6 is 0 Å². The fourth-order valence-corrected chi connectivity index (χ4v) is 11.9. The van der Waals surface area contributed by atoms with E-state index in [-0.39, 0.29) is 47.9 Å². The molecule has 2 aliphatic rings. The van der Waals surface area contributed by atoms with Crippen LogP contribution in [0.3, 0.4) is 0 Å². The van der Waals surface area contributed by atoms with Gasteiger partial charge in [0.15, 0.2) is 0 Å². The van der Waals surface area contributed by atoms with Crippen molar-refractivity contribution in [3.63, 3.8) is 0 Å². The largest absolute Gasteiger partial charge is 0.494 e. The van der Waals surface area contributed by atoms with E-state index in [0.29, 0.717) is 72.1 Å². The molecule has 4 aromatic carbocycles. The molecule has 16 nitrogen and oxygen atoms in total. The Labute approximate surface area is 565 Å². The van der Waals surface area contributed by atoms with E-state index in [2.05, 4.69) is 13.2 Å². The predicted octanol–water partition coefficient (Wildman–Crippen LogP) is 18.5. The van der Waals surface area contributed by atoms with E-state index in [4.69, 9.17) is 47.4 Å². The maximum Gasteiger partial charge on any atom is 0.343 e. The van der Waals surface area contributed by atoms with Crippen LogP contribution in [0.15, 0.2) is 122 Å². The molecule has 0 amide bonds. The number of carbonyl (C=O) groups excluding carboxylic acids is 6. The lowest BCUT2D eigenvalue weighted by Crippen LogP contribution is -2.29. The smallest absolute Gasteiger partial charge is 0.343 e. The second-order valence-electron chi connectivity index (χ2n) is 25.3. The number of carbonyl (C=O) groups is 6. The third-order valence-electron chi connectivity index (χ3n) is 17.6. The molecule has 16 heteroatoms. The standard InChI is InChI=1S/C79H108O16/c1-3-74(80)90-60-30-24-18-12-6-10-16-22-28-58-88-68-44-36-64(37-45-68)78(84)94-72-52-48-70(49-53-72)92-76(82)62-32-40-66(41-33-62)86-56-26-20-14-8-5-9-15-21-27-57-87-67-42-34-63(35-43-67)77(83)93-71-50-54-73(55-51-71)95-79(85)65-38-46-69(47-39-65)89-59-29-23-17-11-7-13-19-25-31-61-91-75(81)4-2/h3-4,32-33,38-41,46-55,63-64,67-68H,1-2,5-31,34-37,42-45,56-61H2. The Kier molecular flexibility index (Phi) is 38.4. The monoisotopic (exact) mass is 1310 g/mol. The molecule has 0 atom stereocenters. The molecular formula is C79H108O16. The maximum absolute atomic E-state index is 13.0. The van der Waals surface area contributed by atoms with E-state index in [1.54, 1.807) is 97.1 Å². The fourth-order valence-electron chi connectivity index (χ4n) is 11.9. The zero-order valence-electron chi connectivity index (χ0n) is 56.6. The van der Waals surface area contributed by atoms with Gasteiger partial charge >= 0.3 is 35.8 Å². The zero-order valence-corrected chi connectivity index (χ0v) is 56.6. The highest BCUT2D eigenvalue weighted by atomic mass is 16.6. The van der Waals surface area contributed by atoms with Crippen LogP contribution in [0.25, 0.3) is 0 Å². The maximum atomic E-state index is 13.0. The van der Waals surface area contributed by atoms with E-state index < -0.39 is 11.9 Å². The van der Waals surface area contributed by atoms with Gasteiger partial charge in [-0.05, 0) is 187 Å². The summed E-state index contributed by atoms with van der Waals surface area (Å²) in [4.78, 5) is 73.9. The number of unbranched alkanes of at least 4 members (excludes halogenated alkanes) is 24. The topological polar surface area (TPSA) is 195 Å². The highest BCUT2D eigenvalue weighted by molar-refractivity contribution is 5.92. The molecule has 2 saturated carbocycles. The van der Waals surface area contributed by atoms with Crippen molar-refractivity contribution in [2.24, 2.45) is 11.8 Å². The second kappa shape index (κ2) is 47.6. The molecule has 0 heterocycles. The van der Waals surface area contributed by atoms with Gasteiger partial charge < -0.3 is 47.4 Å². The Morgan fingerprint density at radius 3 is 0.821 bits per heavy atom. The lowest BCUT2D eigenvalue weighted by molar-refractivity contribution is -0.142. The van der Waals surface area contributed by atoms with Crippen LogP contribution < -0.4 is 28.4 Å². The van der Waals surface area contributed by atoms with E-state index >= 15 is 0 Å². The Balaban J connectivity index is 0.685. The summed E-state index contributed by atoms with van der Waals surface area (Å²) in [5.41, 5.74) is 0.822. The minimum absolute atomic E-state index is 0.160. The van der Waals surface area contributed by atoms with Gasteiger partial charge in [-0.3, -0.25) is 9.59 Å². The van der Waals surface area contributed by atoms with Gasteiger partial charge in [-0.15, -0.1) is 0 Å². The van der Waals surface area contributed by atoms with Crippen molar-refractivity contribution >= 4 is 35.8 Å². The first-order valence-electron chi connectivity index (χ1n) is 35.9. The van der Waals surface area contributed by atoms with Gasteiger partial charge in [-0.1, -0.05) is 148 Å². The third-order valence-corrected chi connectivity index (χ3v) is 17.6. The minimum atomic E-state index is -0.484. The molecule has 0 radical (unpaired) electrons. The number of hydrogen-bond donors (Lipinski definition) is 0. The molecular weight excluding hydrogens is 1200 g/mol. The lowest BCUT2D eigenvalue weighted by Gasteiger charge is -2.27. The van der Waals surface area contributed by atoms with Crippen LogP contribution in [0.5, 0.6) is 34.5 Å². The van der Waals surface area contributed by atoms with Crippen molar-refractivity contribution in [3.05, 3.63) is 133 Å². The summed E-state index contributed by atoms with van der Waals surface area (Å²) in [6.07, 6.45) is 39.6. The van der Waals surface area contributed by atoms with Gasteiger partial charge in [0.2, 0.25) is 0 Å². The van der Waals surface area contributed by atoms with Crippen molar-refractivity contribution in [1.82, 2.24) is 0 Å². The lowest BCUT2D eigenvalue weighted by atomic mass is 9.87. The molecule has 6 rings (SSSR count). The van der Waals surface area contributed by atoms with Crippen molar-refractivity contribution in [2.75, 3.05) is 39.6 Å². The summed E-state index contributed by atoms with van der Waals surface area (Å²) in [6.45, 7) is 10.5. The zero-order chi connectivity index (χ0) is 67.2. The highest BCUT2D eigenvalue weighted by Gasteiger charge is 2.30. The van der Waals surface area contributed by atoms with Crippen LogP contribution in [0, 0.1) is 11.8 Å². The highest BCUT2D eigenvalue weighted by Crippen LogP contribution is 2.31. The van der Waals surface area contributed by atoms with Gasteiger partial charge in [0.25, 0.3) is 0 Å². The quantitative estimate of drug-likeness (QED) is 0.0175. The number of hydrogen-bond acceptors (Lipinski definition) is 16. The van der Waals surface area contributed by atoms with Crippen LogP contribution in [-0.4, -0.2) is 87.7 Å². The van der Waals surface area contributed by atoms with Crippen molar-refractivity contribution in [3.8, 4) is 34.5 Å². The summed E-state index contributed by atoms with van der Waals surface area (Å²) < 4.78 is 56.8. The predicted molar refractivity (Wildman–Crippen MR) is 368 cm³/mol. The normalized spacial score (nSPS) is 16.0. The Morgan fingerprint density at radius 2 is 0.537 bits per heavy atom. The first-order valence-corrected chi connectivity index (χ1v) is 35.9. The molecule has 2 fully saturated rings. The van der Waals surface area contributed by atoms with Crippen LogP contribution in [0.2, 0.25) is 0 Å². The molecule has 0 bridgehead atoms. The summed E-state index contributed by atoms with van der Waals surface area (Å²) in [6, 6.07) is 27.0. The second-order valence-corrected chi connectivity index (χ2v) is 25.3. The van der Waals surface area contributed by atoms with E-state index in [9.17, 15) is 28.8 Å². The van der Waals surface area contributed by atoms with Crippen LogP contribution in [0.4, 0.5) is 0 Å². The fraction of sp³-hybridized carbons (Fsp3) is 0.570. The average Bonchev–Trinajstić information content (AvgIpc) is 1.10. The van der Waals surface area contributed by atoms with Crippen LogP contribution in [0.1, 0.15) is 245 Å². The van der Waals surface area contributed by atoms with Gasteiger partial charge in [0.1, 0.15) is 34.5 Å². The van der Waals surface area contributed by atoms with Crippen molar-refractivity contribution in [2.45, 2.75) is 237 Å². The van der Waals surface area contributed by atoms with Gasteiger partial charge in [0.05, 0.1) is 61.6 Å². The Morgan fingerprint density at radius 1 is 0.295 bits per heavy atom. The Bertz CT molecular complexity index is 2800. The molecule has 0 spiro atoms. The Hall–Kier alpha value is -7.30. The minimum Gasteiger partial charge on any atom is -0.494 e. The van der Waals surface area contributed by atoms with Crippen molar-refractivity contribution < 1.29 is 76.1 Å². The van der Waals surface area contributed by atoms with Crippen molar-refractivity contribution in [1.29, 1.82) is 0 Å². The summed E-state index contributed by atoms with van der Waals surface area (Å²) in [5, 5.41) is 0. The van der Waals surface area contributed by atoms with Gasteiger partial charge in [-0.25, -0.2) is 19.2 Å². The average molecular weight is 1310 g/mol. The van der Waals surface area contributed by atoms with Crippen LogP contribution in [-0.2, 0) is 38.1 Å². The number of esters is 6. The van der Waals surface area contributed by atoms with E-state index in [1.165, 1.54) is 102 Å².